The topological polar surface area (TPSA) is 49.4 Å². The minimum absolute atomic E-state index is 0.0888. The van der Waals surface area contributed by atoms with Gasteiger partial charge in [0.15, 0.2) is 0 Å². The summed E-state index contributed by atoms with van der Waals surface area (Å²) in [6, 6.07) is 18.0. The van der Waals surface area contributed by atoms with Gasteiger partial charge in [0.05, 0.1) is 0 Å². The summed E-state index contributed by atoms with van der Waals surface area (Å²) in [4.78, 5) is 25.5. The molecule has 0 aromatic heterocycles. The lowest BCUT2D eigenvalue weighted by molar-refractivity contribution is -0.117. The van der Waals surface area contributed by atoms with Crippen LogP contribution in [0.1, 0.15) is 24.0 Å². The van der Waals surface area contributed by atoms with Crippen molar-refractivity contribution in [2.45, 2.75) is 18.6 Å². The molecule has 2 amide bonds. The van der Waals surface area contributed by atoms with Gasteiger partial charge in [0, 0.05) is 42.8 Å². The highest BCUT2D eigenvalue weighted by atomic mass is 32.2. The van der Waals surface area contributed by atoms with Crippen molar-refractivity contribution in [1.29, 1.82) is 0 Å². The second-order valence-corrected chi connectivity index (χ2v) is 7.51. The molecule has 0 atom stereocenters. The van der Waals surface area contributed by atoms with Crippen LogP contribution in [-0.4, -0.2) is 30.7 Å². The SMILES string of the molecule is O=C(/C=C/c1ccc(N2CCCC2=O)cc1)NCCSCc1ccccc1. The van der Waals surface area contributed by atoms with Crippen molar-refractivity contribution in [3.05, 3.63) is 71.8 Å². The minimum Gasteiger partial charge on any atom is -0.352 e. The molecule has 2 aromatic rings. The summed E-state index contributed by atoms with van der Waals surface area (Å²) in [6.45, 7) is 1.44. The lowest BCUT2D eigenvalue weighted by atomic mass is 10.2. The van der Waals surface area contributed by atoms with Gasteiger partial charge in [0.1, 0.15) is 0 Å². The third-order valence-corrected chi connectivity index (χ3v) is 5.39. The molecule has 2 aromatic carbocycles. The zero-order valence-electron chi connectivity index (χ0n) is 15.3. The van der Waals surface area contributed by atoms with Gasteiger partial charge in [-0.1, -0.05) is 42.5 Å². The highest BCUT2D eigenvalue weighted by molar-refractivity contribution is 7.98. The van der Waals surface area contributed by atoms with Crippen LogP contribution in [0.15, 0.2) is 60.7 Å². The third kappa shape index (κ3) is 6.00. The Hall–Kier alpha value is -2.53. The van der Waals surface area contributed by atoms with Crippen LogP contribution in [0, 0.1) is 0 Å². The quantitative estimate of drug-likeness (QED) is 0.559. The molecule has 0 saturated carbocycles. The molecule has 1 saturated heterocycles. The van der Waals surface area contributed by atoms with Crippen LogP contribution in [0.25, 0.3) is 6.08 Å². The second-order valence-electron chi connectivity index (χ2n) is 6.40. The number of nitrogens with zero attached hydrogens (tertiary/aromatic N) is 1. The molecule has 0 spiro atoms. The van der Waals surface area contributed by atoms with E-state index in [-0.39, 0.29) is 11.8 Å². The van der Waals surface area contributed by atoms with E-state index in [4.69, 9.17) is 0 Å². The van der Waals surface area contributed by atoms with Crippen molar-refractivity contribution >= 4 is 35.3 Å². The molecule has 1 aliphatic rings. The van der Waals surface area contributed by atoms with Crippen molar-refractivity contribution in [2.24, 2.45) is 0 Å². The van der Waals surface area contributed by atoms with Crippen molar-refractivity contribution in [2.75, 3.05) is 23.7 Å². The number of benzene rings is 2. The van der Waals surface area contributed by atoms with Gasteiger partial charge >= 0.3 is 0 Å². The predicted molar refractivity (Wildman–Crippen MR) is 113 cm³/mol. The number of anilines is 1. The van der Waals surface area contributed by atoms with Crippen LogP contribution in [0.2, 0.25) is 0 Å². The second kappa shape index (κ2) is 9.97. The zero-order valence-corrected chi connectivity index (χ0v) is 16.1. The molecular formula is C22H24N2O2S. The first-order valence-electron chi connectivity index (χ1n) is 9.20. The fraction of sp³-hybridized carbons (Fsp3) is 0.273. The first-order valence-corrected chi connectivity index (χ1v) is 10.4. The van der Waals surface area contributed by atoms with Gasteiger partial charge in [0.2, 0.25) is 11.8 Å². The number of thioether (sulfide) groups is 1. The molecule has 1 aliphatic heterocycles. The zero-order chi connectivity index (χ0) is 18.9. The smallest absolute Gasteiger partial charge is 0.244 e. The highest BCUT2D eigenvalue weighted by Crippen LogP contribution is 2.21. The maximum atomic E-state index is 11.9. The summed E-state index contributed by atoms with van der Waals surface area (Å²) in [7, 11) is 0. The molecule has 0 bridgehead atoms. The molecule has 1 heterocycles. The van der Waals surface area contributed by atoms with Crippen LogP contribution in [-0.2, 0) is 15.3 Å². The number of hydrogen-bond acceptors (Lipinski definition) is 3. The Bertz CT molecular complexity index is 788. The van der Waals surface area contributed by atoms with E-state index in [1.807, 2.05) is 47.4 Å². The average Bonchev–Trinajstić information content (AvgIpc) is 3.13. The van der Waals surface area contributed by atoms with Gasteiger partial charge < -0.3 is 10.2 Å². The number of rotatable bonds is 8. The highest BCUT2D eigenvalue weighted by Gasteiger charge is 2.21. The summed E-state index contributed by atoms with van der Waals surface area (Å²) in [6.07, 6.45) is 4.90. The number of amides is 2. The Labute approximate surface area is 164 Å². The average molecular weight is 381 g/mol. The van der Waals surface area contributed by atoms with Crippen molar-refractivity contribution in [3.8, 4) is 0 Å². The molecule has 140 valence electrons. The Morgan fingerprint density at radius 1 is 1.11 bits per heavy atom. The van der Waals surface area contributed by atoms with E-state index >= 15 is 0 Å². The van der Waals surface area contributed by atoms with E-state index in [2.05, 4.69) is 17.4 Å². The van der Waals surface area contributed by atoms with Crippen LogP contribution in [0.3, 0.4) is 0 Å². The van der Waals surface area contributed by atoms with Crippen molar-refractivity contribution in [3.63, 3.8) is 0 Å². The maximum Gasteiger partial charge on any atom is 0.244 e. The molecule has 27 heavy (non-hydrogen) atoms. The summed E-state index contributed by atoms with van der Waals surface area (Å²) in [5.74, 6) is 1.93. The van der Waals surface area contributed by atoms with Gasteiger partial charge in [-0.2, -0.15) is 11.8 Å². The van der Waals surface area contributed by atoms with Gasteiger partial charge in [-0.3, -0.25) is 9.59 Å². The lowest BCUT2D eigenvalue weighted by Crippen LogP contribution is -2.23. The van der Waals surface area contributed by atoms with Gasteiger partial charge in [-0.25, -0.2) is 0 Å². The normalized spacial score (nSPS) is 14.1. The number of carbonyl (C=O) groups excluding carboxylic acids is 2. The van der Waals surface area contributed by atoms with Gasteiger partial charge in [-0.05, 0) is 35.8 Å². The lowest BCUT2D eigenvalue weighted by Gasteiger charge is -2.15. The Balaban J connectivity index is 1.37. The van der Waals surface area contributed by atoms with Crippen LogP contribution in [0.5, 0.6) is 0 Å². The van der Waals surface area contributed by atoms with Crippen molar-refractivity contribution < 1.29 is 9.59 Å². The first kappa shape index (κ1) is 19.2. The number of carbonyl (C=O) groups is 2. The van der Waals surface area contributed by atoms with E-state index in [0.717, 1.165) is 35.7 Å². The first-order chi connectivity index (χ1) is 13.2. The molecule has 0 aliphatic carbocycles. The summed E-state index contributed by atoms with van der Waals surface area (Å²) in [5, 5.41) is 2.90. The Kier molecular flexibility index (Phi) is 7.11. The number of nitrogens with one attached hydrogen (secondary N) is 1. The fourth-order valence-electron chi connectivity index (χ4n) is 2.93. The fourth-order valence-corrected chi connectivity index (χ4v) is 3.75. The summed E-state index contributed by atoms with van der Waals surface area (Å²) < 4.78 is 0. The number of hydrogen-bond donors (Lipinski definition) is 1. The molecule has 4 nitrogen and oxygen atoms in total. The molecule has 1 N–H and O–H groups in total. The summed E-state index contributed by atoms with van der Waals surface area (Å²) in [5.41, 5.74) is 3.17. The molecule has 3 rings (SSSR count). The third-order valence-electron chi connectivity index (χ3n) is 4.36. The van der Waals surface area contributed by atoms with Crippen LogP contribution in [0.4, 0.5) is 5.69 Å². The summed E-state index contributed by atoms with van der Waals surface area (Å²) >= 11 is 1.81. The minimum atomic E-state index is -0.0888. The van der Waals surface area contributed by atoms with Crippen LogP contribution >= 0.6 is 11.8 Å². The standard InChI is InChI=1S/C22H24N2O2S/c25-21(23-14-16-27-17-19-5-2-1-3-6-19)13-10-18-8-11-20(12-9-18)24-15-4-7-22(24)26/h1-3,5-6,8-13H,4,7,14-17H2,(H,23,25)/b13-10+. The molecule has 1 fully saturated rings. The predicted octanol–water partition coefficient (Wildman–Crippen LogP) is 3.88. The van der Waals surface area contributed by atoms with Crippen molar-refractivity contribution in [1.82, 2.24) is 5.32 Å². The van der Waals surface area contributed by atoms with E-state index in [0.29, 0.717) is 13.0 Å². The van der Waals surface area contributed by atoms with E-state index in [9.17, 15) is 9.59 Å². The molecule has 5 heteroatoms. The van der Waals surface area contributed by atoms with Gasteiger partial charge in [-0.15, -0.1) is 0 Å². The monoisotopic (exact) mass is 380 g/mol. The molecule has 0 unspecified atom stereocenters. The Morgan fingerprint density at radius 3 is 2.59 bits per heavy atom. The van der Waals surface area contributed by atoms with E-state index < -0.39 is 0 Å². The van der Waals surface area contributed by atoms with E-state index in [1.165, 1.54) is 5.56 Å². The largest absolute Gasteiger partial charge is 0.352 e. The molecule has 0 radical (unpaired) electrons. The van der Waals surface area contributed by atoms with Gasteiger partial charge in [0.25, 0.3) is 0 Å². The maximum absolute atomic E-state index is 11.9. The van der Waals surface area contributed by atoms with E-state index in [1.54, 1.807) is 23.9 Å². The molecular weight excluding hydrogens is 356 g/mol. The van der Waals surface area contributed by atoms with Crippen LogP contribution < -0.4 is 10.2 Å². The Morgan fingerprint density at radius 2 is 1.89 bits per heavy atom.